The van der Waals surface area contributed by atoms with Gasteiger partial charge < -0.3 is 19.7 Å². The summed E-state index contributed by atoms with van der Waals surface area (Å²) in [4.78, 5) is 27.2. The molecule has 0 bridgehead atoms. The summed E-state index contributed by atoms with van der Waals surface area (Å²) in [7, 11) is -2.35. The van der Waals surface area contributed by atoms with Gasteiger partial charge in [0, 0.05) is 24.7 Å². The van der Waals surface area contributed by atoms with Gasteiger partial charge >= 0.3 is 0 Å². The molecule has 0 unspecified atom stereocenters. The minimum Gasteiger partial charge on any atom is -0.486 e. The number of fused-ring (bicyclic) bond motifs is 1. The third-order valence-corrected chi connectivity index (χ3v) is 7.47. The molecule has 9 nitrogen and oxygen atoms in total. The average Bonchev–Trinajstić information content (AvgIpc) is 2.85. The van der Waals surface area contributed by atoms with Crippen LogP contribution >= 0.6 is 11.6 Å². The highest BCUT2D eigenvalue weighted by Crippen LogP contribution is 2.35. The molecule has 0 aromatic heterocycles. The van der Waals surface area contributed by atoms with Gasteiger partial charge in [-0.2, -0.15) is 0 Å². The zero-order valence-electron chi connectivity index (χ0n) is 19.3. The monoisotopic (exact) mass is 509 g/mol. The molecule has 34 heavy (non-hydrogen) atoms. The van der Waals surface area contributed by atoms with E-state index in [0.717, 1.165) is 9.87 Å². The molecule has 2 amide bonds. The lowest BCUT2D eigenvalue weighted by molar-refractivity contribution is -0.139. The van der Waals surface area contributed by atoms with E-state index in [4.69, 9.17) is 21.1 Å². The van der Waals surface area contributed by atoms with Crippen LogP contribution in [0.4, 0.5) is 5.69 Å². The van der Waals surface area contributed by atoms with E-state index in [1.54, 1.807) is 49.4 Å². The summed E-state index contributed by atoms with van der Waals surface area (Å²) in [5, 5.41) is 3.08. The number of benzene rings is 2. The van der Waals surface area contributed by atoms with E-state index in [1.807, 2.05) is 0 Å². The fourth-order valence-corrected chi connectivity index (χ4v) is 4.66. The van der Waals surface area contributed by atoms with E-state index in [0.29, 0.717) is 29.7 Å². The predicted molar refractivity (Wildman–Crippen MR) is 130 cm³/mol. The molecule has 1 aliphatic heterocycles. The topological polar surface area (TPSA) is 105 Å². The van der Waals surface area contributed by atoms with Crippen molar-refractivity contribution in [3.63, 3.8) is 0 Å². The first-order valence-corrected chi connectivity index (χ1v) is 12.8. The van der Waals surface area contributed by atoms with Gasteiger partial charge in [0.15, 0.2) is 11.5 Å². The molecular weight excluding hydrogens is 482 g/mol. The molecule has 2 aromatic rings. The van der Waals surface area contributed by atoms with Crippen LogP contribution in [0, 0.1) is 0 Å². The number of ether oxygens (including phenoxy) is 2. The average molecular weight is 510 g/mol. The van der Waals surface area contributed by atoms with Crippen molar-refractivity contribution in [1.82, 2.24) is 10.2 Å². The van der Waals surface area contributed by atoms with Crippen molar-refractivity contribution >= 4 is 39.1 Å². The molecule has 184 valence electrons. The van der Waals surface area contributed by atoms with Crippen molar-refractivity contribution in [3.8, 4) is 11.5 Å². The minimum atomic E-state index is -3.83. The number of carbonyl (C=O) groups is 2. The van der Waals surface area contributed by atoms with Crippen molar-refractivity contribution < 1.29 is 27.5 Å². The van der Waals surface area contributed by atoms with E-state index in [9.17, 15) is 18.0 Å². The second-order valence-electron chi connectivity index (χ2n) is 7.67. The van der Waals surface area contributed by atoms with Gasteiger partial charge in [0.05, 0.1) is 11.4 Å². The minimum absolute atomic E-state index is 0.103. The molecule has 0 radical (unpaired) electrons. The number of nitrogens with one attached hydrogen (secondary N) is 1. The van der Waals surface area contributed by atoms with Gasteiger partial charge in [0.25, 0.3) is 0 Å². The van der Waals surface area contributed by atoms with Crippen LogP contribution in [0.25, 0.3) is 0 Å². The van der Waals surface area contributed by atoms with E-state index < -0.39 is 28.5 Å². The third kappa shape index (κ3) is 5.92. The van der Waals surface area contributed by atoms with Crippen LogP contribution in [-0.4, -0.2) is 63.7 Å². The number of carbonyl (C=O) groups excluding carboxylic acids is 2. The van der Waals surface area contributed by atoms with E-state index in [-0.39, 0.29) is 23.9 Å². The number of amides is 2. The highest BCUT2D eigenvalue weighted by Gasteiger charge is 2.31. The SMILES string of the molecule is CCS(=O)(=O)N(CC(=O)N(Cc1ccc(Cl)cc1)[C@H](C)C(=O)NC)c1ccc2c(c1)OCCO2. The van der Waals surface area contributed by atoms with Crippen molar-refractivity contribution in [1.29, 1.82) is 0 Å². The Bertz CT molecular complexity index is 1140. The summed E-state index contributed by atoms with van der Waals surface area (Å²) in [6.45, 7) is 3.46. The molecule has 0 fully saturated rings. The summed E-state index contributed by atoms with van der Waals surface area (Å²) in [5.41, 5.74) is 1.02. The number of sulfonamides is 1. The highest BCUT2D eigenvalue weighted by molar-refractivity contribution is 7.92. The fourth-order valence-electron chi connectivity index (χ4n) is 3.48. The number of hydrogen-bond acceptors (Lipinski definition) is 6. The van der Waals surface area contributed by atoms with Gasteiger partial charge in [-0.15, -0.1) is 0 Å². The van der Waals surface area contributed by atoms with Crippen LogP contribution in [-0.2, 0) is 26.2 Å². The standard InChI is InChI=1S/C23H28ClN3O6S/c1-4-34(30,31)27(19-9-10-20-21(13-19)33-12-11-32-20)15-22(28)26(16(2)23(29)25-3)14-17-5-7-18(24)8-6-17/h5-10,13,16H,4,11-12,14-15H2,1-3H3,(H,25,29)/t16-/m1/s1. The molecule has 3 rings (SSSR count). The summed E-state index contributed by atoms with van der Waals surface area (Å²) in [6, 6.07) is 10.8. The number of anilines is 1. The van der Waals surface area contributed by atoms with E-state index >= 15 is 0 Å². The Morgan fingerprint density at radius 3 is 2.35 bits per heavy atom. The highest BCUT2D eigenvalue weighted by atomic mass is 35.5. The molecule has 1 aliphatic rings. The van der Waals surface area contributed by atoms with Crippen molar-refractivity contribution in [2.75, 3.05) is 36.9 Å². The van der Waals surface area contributed by atoms with Crippen LogP contribution in [0.15, 0.2) is 42.5 Å². The van der Waals surface area contributed by atoms with E-state index in [2.05, 4.69) is 5.32 Å². The normalized spacial score (nSPS) is 13.6. The Hall–Kier alpha value is -2.98. The van der Waals surface area contributed by atoms with Crippen LogP contribution in [0.1, 0.15) is 19.4 Å². The number of nitrogens with zero attached hydrogens (tertiary/aromatic N) is 2. The molecule has 11 heteroatoms. The van der Waals surface area contributed by atoms with Crippen molar-refractivity contribution in [3.05, 3.63) is 53.1 Å². The van der Waals surface area contributed by atoms with Gasteiger partial charge in [0.1, 0.15) is 25.8 Å². The summed E-state index contributed by atoms with van der Waals surface area (Å²) < 4.78 is 38.1. The largest absolute Gasteiger partial charge is 0.486 e. The van der Waals surface area contributed by atoms with E-state index in [1.165, 1.54) is 18.9 Å². The Morgan fingerprint density at radius 1 is 1.09 bits per heavy atom. The second kappa shape index (κ2) is 11.0. The van der Waals surface area contributed by atoms with Gasteiger partial charge in [-0.1, -0.05) is 23.7 Å². The predicted octanol–water partition coefficient (Wildman–Crippen LogP) is 2.43. The molecule has 1 heterocycles. The van der Waals surface area contributed by atoms with Crippen LogP contribution in [0.5, 0.6) is 11.5 Å². The molecule has 0 aliphatic carbocycles. The molecule has 0 saturated heterocycles. The first-order chi connectivity index (χ1) is 16.2. The first-order valence-electron chi connectivity index (χ1n) is 10.8. The Labute approximate surface area is 204 Å². The zero-order chi connectivity index (χ0) is 24.9. The number of rotatable bonds is 9. The summed E-state index contributed by atoms with van der Waals surface area (Å²) in [5.74, 6) is -0.196. The first kappa shape index (κ1) is 25.6. The summed E-state index contributed by atoms with van der Waals surface area (Å²) >= 11 is 5.96. The molecule has 1 atom stereocenters. The lowest BCUT2D eigenvalue weighted by Crippen LogP contribution is -2.51. The van der Waals surface area contributed by atoms with Crippen molar-refractivity contribution in [2.45, 2.75) is 26.4 Å². The Morgan fingerprint density at radius 2 is 1.74 bits per heavy atom. The number of hydrogen-bond donors (Lipinski definition) is 1. The zero-order valence-corrected chi connectivity index (χ0v) is 20.9. The number of halogens is 1. The van der Waals surface area contributed by atoms with Gasteiger partial charge in [-0.25, -0.2) is 8.42 Å². The second-order valence-corrected chi connectivity index (χ2v) is 10.3. The Balaban J connectivity index is 1.94. The number of likely N-dealkylation sites (N-methyl/N-ethyl adjacent to an activating group) is 1. The van der Waals surface area contributed by atoms with Crippen molar-refractivity contribution in [2.24, 2.45) is 0 Å². The lowest BCUT2D eigenvalue weighted by Gasteiger charge is -2.32. The molecule has 0 saturated carbocycles. The lowest BCUT2D eigenvalue weighted by atomic mass is 10.1. The third-order valence-electron chi connectivity index (χ3n) is 5.47. The van der Waals surface area contributed by atoms with Gasteiger partial charge in [-0.05, 0) is 43.7 Å². The van der Waals surface area contributed by atoms with Gasteiger partial charge in [0.2, 0.25) is 21.8 Å². The molecule has 0 spiro atoms. The maximum atomic E-state index is 13.5. The van der Waals surface area contributed by atoms with Crippen LogP contribution in [0.2, 0.25) is 5.02 Å². The van der Waals surface area contributed by atoms with Gasteiger partial charge in [-0.3, -0.25) is 13.9 Å². The smallest absolute Gasteiger partial charge is 0.244 e. The quantitative estimate of drug-likeness (QED) is 0.556. The Kier molecular flexibility index (Phi) is 8.27. The fraction of sp³-hybridized carbons (Fsp3) is 0.391. The maximum Gasteiger partial charge on any atom is 0.244 e. The van der Waals surface area contributed by atoms with Crippen LogP contribution in [0.3, 0.4) is 0 Å². The molecular formula is C23H28ClN3O6S. The molecule has 2 aromatic carbocycles. The van der Waals surface area contributed by atoms with Crippen LogP contribution < -0.4 is 19.1 Å². The maximum absolute atomic E-state index is 13.5. The molecule has 1 N–H and O–H groups in total. The summed E-state index contributed by atoms with van der Waals surface area (Å²) in [6.07, 6.45) is 0.